The summed E-state index contributed by atoms with van der Waals surface area (Å²) in [6, 6.07) is 1.76. The zero-order chi connectivity index (χ0) is 13.1. The van der Waals surface area contributed by atoms with Gasteiger partial charge in [-0.05, 0) is 32.8 Å². The largest absolute Gasteiger partial charge is 0.480 e. The molecule has 0 spiro atoms. The minimum absolute atomic E-state index is 0.381. The third-order valence-electron chi connectivity index (χ3n) is 2.65. The van der Waals surface area contributed by atoms with Gasteiger partial charge >= 0.3 is 5.97 Å². The number of nitrogens with zero attached hydrogens (tertiary/aromatic N) is 2. The normalized spacial score (nSPS) is 16.6. The maximum atomic E-state index is 11.1. The first-order valence-electron chi connectivity index (χ1n) is 5.98. The lowest BCUT2D eigenvalue weighted by Gasteiger charge is -2.13. The van der Waals surface area contributed by atoms with Crippen LogP contribution in [0.3, 0.4) is 0 Å². The van der Waals surface area contributed by atoms with Gasteiger partial charge in [-0.1, -0.05) is 11.8 Å². The number of carbonyl (C=O) groups is 1. The van der Waals surface area contributed by atoms with Crippen molar-refractivity contribution in [2.75, 3.05) is 5.75 Å². The zero-order valence-corrected chi connectivity index (χ0v) is 11.3. The Hall–Kier alpha value is -1.14. The van der Waals surface area contributed by atoms with E-state index in [1.807, 2.05) is 19.9 Å². The lowest BCUT2D eigenvalue weighted by molar-refractivity contribution is -0.138. The molecule has 0 bridgehead atoms. The Kier molecular flexibility index (Phi) is 4.19. The fourth-order valence-corrected chi connectivity index (χ4v) is 2.61. The Bertz CT molecular complexity index is 429. The van der Waals surface area contributed by atoms with E-state index in [0.717, 1.165) is 24.2 Å². The minimum atomic E-state index is -0.807. The Balaban J connectivity index is 1.93. The molecule has 1 aromatic rings. The number of hydrogen-bond acceptors (Lipinski definition) is 5. The maximum absolute atomic E-state index is 11.1. The number of aromatic nitrogens is 2. The Labute approximate surface area is 110 Å². The number of carboxylic acids is 1. The van der Waals surface area contributed by atoms with E-state index in [4.69, 9.17) is 5.11 Å². The Morgan fingerprint density at radius 3 is 2.61 bits per heavy atom. The first-order valence-corrected chi connectivity index (χ1v) is 6.97. The van der Waals surface area contributed by atoms with Crippen LogP contribution in [0, 0.1) is 13.8 Å². The Morgan fingerprint density at radius 2 is 2.11 bits per heavy atom. The van der Waals surface area contributed by atoms with Gasteiger partial charge < -0.3 is 10.4 Å². The number of hydrogen-bond donors (Lipinski definition) is 2. The van der Waals surface area contributed by atoms with Crippen molar-refractivity contribution in [1.29, 1.82) is 0 Å². The zero-order valence-electron chi connectivity index (χ0n) is 10.5. The number of aryl methyl sites for hydroxylation is 2. The second kappa shape index (κ2) is 5.67. The lowest BCUT2D eigenvalue weighted by Crippen LogP contribution is -2.40. The van der Waals surface area contributed by atoms with E-state index in [1.165, 1.54) is 11.8 Å². The van der Waals surface area contributed by atoms with Crippen LogP contribution in [0.5, 0.6) is 0 Å². The molecule has 1 fully saturated rings. The van der Waals surface area contributed by atoms with Crippen LogP contribution < -0.4 is 5.32 Å². The van der Waals surface area contributed by atoms with Crippen molar-refractivity contribution >= 4 is 17.7 Å². The molecule has 5 nitrogen and oxygen atoms in total. The van der Waals surface area contributed by atoms with E-state index in [9.17, 15) is 4.79 Å². The van der Waals surface area contributed by atoms with E-state index in [-0.39, 0.29) is 0 Å². The number of carboxylic acid groups (broad SMARTS) is 1. The van der Waals surface area contributed by atoms with Gasteiger partial charge in [0, 0.05) is 23.2 Å². The van der Waals surface area contributed by atoms with Crippen molar-refractivity contribution in [2.45, 2.75) is 43.9 Å². The first-order chi connectivity index (χ1) is 8.54. The molecular weight excluding hydrogens is 250 g/mol. The average Bonchev–Trinajstić information content (AvgIpc) is 3.06. The summed E-state index contributed by atoms with van der Waals surface area (Å²) in [5.74, 6) is -0.354. The number of aliphatic carboxylic acids is 1. The number of rotatable bonds is 6. The second-order valence-corrected chi connectivity index (χ2v) is 5.56. The minimum Gasteiger partial charge on any atom is -0.480 e. The van der Waals surface area contributed by atoms with Crippen LogP contribution in [0.2, 0.25) is 0 Å². The summed E-state index contributed by atoms with van der Waals surface area (Å²) < 4.78 is 0. The molecule has 0 aromatic carbocycles. The van der Waals surface area contributed by atoms with Gasteiger partial charge in [0.2, 0.25) is 0 Å². The SMILES string of the molecule is Cc1cc(C)nc(SCC(NC2CC2)C(=O)O)n1. The third-order valence-corrected chi connectivity index (χ3v) is 3.59. The van der Waals surface area contributed by atoms with Gasteiger partial charge in [0.15, 0.2) is 5.16 Å². The molecular formula is C12H17N3O2S. The monoisotopic (exact) mass is 267 g/mol. The molecule has 0 aliphatic heterocycles. The predicted molar refractivity (Wildman–Crippen MR) is 69.8 cm³/mol. The summed E-state index contributed by atoms with van der Waals surface area (Å²) in [7, 11) is 0. The second-order valence-electron chi connectivity index (χ2n) is 4.58. The van der Waals surface area contributed by atoms with E-state index in [1.54, 1.807) is 0 Å². The first kappa shape index (κ1) is 13.3. The van der Waals surface area contributed by atoms with Crippen LogP contribution in [-0.2, 0) is 4.79 Å². The van der Waals surface area contributed by atoms with Gasteiger partial charge in [0.05, 0.1) is 0 Å². The molecule has 1 aliphatic rings. The molecule has 0 radical (unpaired) electrons. The van der Waals surface area contributed by atoms with Crippen molar-refractivity contribution in [1.82, 2.24) is 15.3 Å². The number of thioether (sulfide) groups is 1. The van der Waals surface area contributed by atoms with E-state index in [0.29, 0.717) is 17.0 Å². The van der Waals surface area contributed by atoms with Gasteiger partial charge in [-0.25, -0.2) is 9.97 Å². The molecule has 2 N–H and O–H groups in total. The Morgan fingerprint density at radius 1 is 1.50 bits per heavy atom. The van der Waals surface area contributed by atoms with Crippen molar-refractivity contribution in [2.24, 2.45) is 0 Å². The summed E-state index contributed by atoms with van der Waals surface area (Å²) >= 11 is 1.39. The molecule has 1 atom stereocenters. The van der Waals surface area contributed by atoms with Crippen molar-refractivity contribution in [3.8, 4) is 0 Å². The molecule has 1 heterocycles. The van der Waals surface area contributed by atoms with Crippen molar-refractivity contribution < 1.29 is 9.90 Å². The highest BCUT2D eigenvalue weighted by Gasteiger charge is 2.28. The summed E-state index contributed by atoms with van der Waals surface area (Å²) in [5, 5.41) is 12.9. The van der Waals surface area contributed by atoms with Crippen LogP contribution in [0.1, 0.15) is 24.2 Å². The van der Waals surface area contributed by atoms with Gasteiger partial charge in [-0.3, -0.25) is 4.79 Å². The summed E-state index contributed by atoms with van der Waals surface area (Å²) in [6.45, 7) is 3.83. The fourth-order valence-electron chi connectivity index (χ4n) is 1.64. The fraction of sp³-hybridized carbons (Fsp3) is 0.583. The molecule has 6 heteroatoms. The third kappa shape index (κ3) is 3.96. The molecule has 1 unspecified atom stereocenters. The lowest BCUT2D eigenvalue weighted by atomic mass is 10.3. The van der Waals surface area contributed by atoms with Crippen LogP contribution in [0.15, 0.2) is 11.2 Å². The van der Waals surface area contributed by atoms with Gasteiger partial charge in [-0.2, -0.15) is 0 Å². The molecule has 1 saturated carbocycles. The summed E-state index contributed by atoms with van der Waals surface area (Å²) in [6.07, 6.45) is 2.16. The topological polar surface area (TPSA) is 75.1 Å². The molecule has 2 rings (SSSR count). The van der Waals surface area contributed by atoms with Gasteiger partial charge in [0.1, 0.15) is 6.04 Å². The predicted octanol–water partition coefficient (Wildman–Crippen LogP) is 1.39. The molecule has 1 aliphatic carbocycles. The molecule has 98 valence electrons. The summed E-state index contributed by atoms with van der Waals surface area (Å²) in [5.41, 5.74) is 1.82. The summed E-state index contributed by atoms with van der Waals surface area (Å²) in [4.78, 5) is 19.7. The van der Waals surface area contributed by atoms with E-state index in [2.05, 4.69) is 15.3 Å². The van der Waals surface area contributed by atoms with Crippen molar-refractivity contribution in [3.63, 3.8) is 0 Å². The molecule has 1 aromatic heterocycles. The quantitative estimate of drug-likeness (QED) is 0.599. The molecule has 0 amide bonds. The van der Waals surface area contributed by atoms with Crippen LogP contribution in [-0.4, -0.2) is 38.9 Å². The highest BCUT2D eigenvalue weighted by Crippen LogP contribution is 2.21. The standard InChI is InChI=1S/C12H17N3O2S/c1-7-5-8(2)14-12(13-7)18-6-10(11(16)17)15-9-3-4-9/h5,9-10,15H,3-4,6H2,1-2H3,(H,16,17). The van der Waals surface area contributed by atoms with Crippen LogP contribution >= 0.6 is 11.8 Å². The van der Waals surface area contributed by atoms with E-state index >= 15 is 0 Å². The van der Waals surface area contributed by atoms with Crippen LogP contribution in [0.25, 0.3) is 0 Å². The smallest absolute Gasteiger partial charge is 0.321 e. The molecule has 18 heavy (non-hydrogen) atoms. The average molecular weight is 267 g/mol. The number of nitrogens with one attached hydrogen (secondary N) is 1. The van der Waals surface area contributed by atoms with Crippen LogP contribution in [0.4, 0.5) is 0 Å². The highest BCUT2D eigenvalue weighted by molar-refractivity contribution is 7.99. The highest BCUT2D eigenvalue weighted by atomic mass is 32.2. The molecule has 0 saturated heterocycles. The van der Waals surface area contributed by atoms with E-state index < -0.39 is 12.0 Å². The van der Waals surface area contributed by atoms with Gasteiger partial charge in [-0.15, -0.1) is 0 Å². The van der Waals surface area contributed by atoms with Gasteiger partial charge in [0.25, 0.3) is 0 Å². The maximum Gasteiger partial charge on any atom is 0.321 e. The van der Waals surface area contributed by atoms with Crippen molar-refractivity contribution in [3.05, 3.63) is 17.5 Å².